The molecule has 0 aromatic heterocycles. The van der Waals surface area contributed by atoms with E-state index in [2.05, 4.69) is 4.90 Å². The molecule has 10 nitrogen and oxygen atoms in total. The quantitative estimate of drug-likeness (QED) is 0.515. The van der Waals surface area contributed by atoms with Crippen molar-refractivity contribution in [1.29, 1.82) is 0 Å². The van der Waals surface area contributed by atoms with Gasteiger partial charge in [0, 0.05) is 60.0 Å². The number of carbonyl (C=O) groups is 1. The summed E-state index contributed by atoms with van der Waals surface area (Å²) in [5.41, 5.74) is 1.42. The van der Waals surface area contributed by atoms with Crippen LogP contribution in [0.3, 0.4) is 0 Å². The van der Waals surface area contributed by atoms with Crippen LogP contribution in [0.4, 0.5) is 0 Å². The first-order valence-corrected chi connectivity index (χ1v) is 12.9. The largest absolute Gasteiger partial charge is 0.497 e. The molecule has 11 heteroatoms. The van der Waals surface area contributed by atoms with Crippen LogP contribution in [0.15, 0.2) is 17.0 Å². The van der Waals surface area contributed by atoms with Crippen LogP contribution in [-0.2, 0) is 29.0 Å². The van der Waals surface area contributed by atoms with Crippen molar-refractivity contribution in [2.45, 2.75) is 18.7 Å². The topological polar surface area (TPSA) is 97.8 Å². The maximum Gasteiger partial charge on any atom is 0.248 e. The molecule has 34 heavy (non-hydrogen) atoms. The van der Waals surface area contributed by atoms with Crippen LogP contribution in [-0.4, -0.2) is 122 Å². The molecule has 2 aliphatic heterocycles. The Kier molecular flexibility index (Phi) is 11.7. The summed E-state index contributed by atoms with van der Waals surface area (Å²) in [6.07, 6.45) is 0. The molecule has 0 spiro atoms. The number of rotatable bonds is 8. The Labute approximate surface area is 203 Å². The van der Waals surface area contributed by atoms with Gasteiger partial charge in [-0.25, -0.2) is 8.42 Å². The van der Waals surface area contributed by atoms with Gasteiger partial charge in [-0.2, -0.15) is 4.31 Å². The van der Waals surface area contributed by atoms with Gasteiger partial charge >= 0.3 is 0 Å². The Hall–Kier alpha value is -1.76. The first-order chi connectivity index (χ1) is 16.2. The van der Waals surface area contributed by atoms with Crippen molar-refractivity contribution in [3.63, 3.8) is 0 Å². The van der Waals surface area contributed by atoms with E-state index in [1.165, 1.54) is 4.31 Å². The van der Waals surface area contributed by atoms with Gasteiger partial charge < -0.3 is 23.8 Å². The lowest BCUT2D eigenvalue weighted by molar-refractivity contribution is -0.136. The predicted octanol–water partition coefficient (Wildman–Crippen LogP) is 0.756. The van der Waals surface area contributed by atoms with Crippen molar-refractivity contribution in [3.05, 3.63) is 23.3 Å². The Morgan fingerprint density at radius 3 is 2.03 bits per heavy atom. The average molecular weight is 502 g/mol. The Balaban J connectivity index is 0.000000248. The number of sulfonamides is 1. The molecule has 0 atom stereocenters. The summed E-state index contributed by atoms with van der Waals surface area (Å²) in [6, 6.07) is 3.50. The van der Waals surface area contributed by atoms with E-state index in [1.807, 2.05) is 4.90 Å². The zero-order valence-electron chi connectivity index (χ0n) is 21.0. The zero-order chi connectivity index (χ0) is 25.1. The summed E-state index contributed by atoms with van der Waals surface area (Å²) < 4.78 is 47.0. The smallest absolute Gasteiger partial charge is 0.248 e. The fourth-order valence-corrected chi connectivity index (χ4v) is 5.83. The molecule has 2 heterocycles. The highest BCUT2D eigenvalue weighted by Crippen LogP contribution is 2.28. The molecule has 0 saturated carbocycles. The van der Waals surface area contributed by atoms with Crippen molar-refractivity contribution in [2.24, 2.45) is 0 Å². The van der Waals surface area contributed by atoms with Crippen molar-refractivity contribution in [1.82, 2.24) is 14.1 Å². The number of nitrogens with zero attached hydrogens (tertiary/aromatic N) is 3. The van der Waals surface area contributed by atoms with Crippen LogP contribution in [0.25, 0.3) is 0 Å². The molecular weight excluding hydrogens is 462 g/mol. The third kappa shape index (κ3) is 7.89. The average Bonchev–Trinajstić information content (AvgIpc) is 2.83. The zero-order valence-corrected chi connectivity index (χ0v) is 21.9. The lowest BCUT2D eigenvalue weighted by Crippen LogP contribution is -2.50. The fourth-order valence-electron chi connectivity index (χ4n) is 4.01. The highest BCUT2D eigenvalue weighted by atomic mass is 32.2. The predicted molar refractivity (Wildman–Crippen MR) is 129 cm³/mol. The van der Waals surface area contributed by atoms with Gasteiger partial charge in [0.15, 0.2) is 0 Å². The van der Waals surface area contributed by atoms with Crippen molar-refractivity contribution < 1.29 is 32.2 Å². The van der Waals surface area contributed by atoms with Crippen molar-refractivity contribution in [2.75, 3.05) is 93.6 Å². The van der Waals surface area contributed by atoms with Crippen LogP contribution < -0.4 is 4.74 Å². The molecule has 0 aliphatic carbocycles. The maximum absolute atomic E-state index is 12.7. The first-order valence-electron chi connectivity index (χ1n) is 11.5. The molecule has 194 valence electrons. The third-order valence-electron chi connectivity index (χ3n) is 5.84. The minimum atomic E-state index is -3.45. The van der Waals surface area contributed by atoms with E-state index in [0.717, 1.165) is 39.3 Å². The highest BCUT2D eigenvalue weighted by molar-refractivity contribution is 7.89. The molecule has 0 radical (unpaired) electrons. The van der Waals surface area contributed by atoms with Gasteiger partial charge in [-0.3, -0.25) is 9.69 Å². The van der Waals surface area contributed by atoms with Crippen molar-refractivity contribution in [3.8, 4) is 5.75 Å². The van der Waals surface area contributed by atoms with Crippen LogP contribution >= 0.6 is 0 Å². The molecule has 0 unspecified atom stereocenters. The van der Waals surface area contributed by atoms with Gasteiger partial charge in [0.2, 0.25) is 15.9 Å². The normalized spacial score (nSPS) is 17.7. The number of piperazine rings is 1. The summed E-state index contributed by atoms with van der Waals surface area (Å²) in [4.78, 5) is 16.0. The van der Waals surface area contributed by atoms with Gasteiger partial charge in [-0.15, -0.1) is 0 Å². The van der Waals surface area contributed by atoms with Crippen molar-refractivity contribution >= 4 is 15.9 Å². The summed E-state index contributed by atoms with van der Waals surface area (Å²) in [7, 11) is 1.38. The molecule has 1 aromatic carbocycles. The lowest BCUT2D eigenvalue weighted by atomic mass is 10.1. The van der Waals surface area contributed by atoms with E-state index in [1.54, 1.807) is 47.3 Å². The SMILES string of the molecule is COCCN1CCN(C(=O)COC)CC1.COc1cc(C)c(S(=O)(=O)N2CCOCC2)c(C)c1. The Bertz CT molecular complexity index is 858. The molecule has 2 fully saturated rings. The van der Waals surface area contributed by atoms with E-state index in [4.69, 9.17) is 18.9 Å². The maximum atomic E-state index is 12.7. The van der Waals surface area contributed by atoms with E-state index in [-0.39, 0.29) is 12.5 Å². The Morgan fingerprint density at radius 2 is 1.53 bits per heavy atom. The molecule has 0 N–H and O–H groups in total. The number of carbonyl (C=O) groups excluding carboxylic acids is 1. The van der Waals surface area contributed by atoms with Crippen LogP contribution in [0.5, 0.6) is 5.75 Å². The summed E-state index contributed by atoms with van der Waals surface area (Å²) in [5.74, 6) is 0.764. The molecule has 3 rings (SSSR count). The van der Waals surface area contributed by atoms with Crippen LogP contribution in [0.1, 0.15) is 11.1 Å². The molecule has 1 amide bonds. The lowest BCUT2D eigenvalue weighted by Gasteiger charge is -2.34. The second-order valence-electron chi connectivity index (χ2n) is 8.26. The van der Waals surface area contributed by atoms with E-state index < -0.39 is 10.0 Å². The van der Waals surface area contributed by atoms with Gasteiger partial charge in [0.05, 0.1) is 31.8 Å². The molecule has 0 bridgehead atoms. The minimum Gasteiger partial charge on any atom is -0.497 e. The van der Waals surface area contributed by atoms with Gasteiger partial charge in [0.1, 0.15) is 12.4 Å². The highest BCUT2D eigenvalue weighted by Gasteiger charge is 2.29. The number of aryl methyl sites for hydroxylation is 2. The number of methoxy groups -OCH3 is 3. The summed E-state index contributed by atoms with van der Waals surface area (Å²) >= 11 is 0. The van der Waals surface area contributed by atoms with Crippen LogP contribution in [0, 0.1) is 13.8 Å². The summed E-state index contributed by atoms with van der Waals surface area (Å²) in [5, 5.41) is 0. The number of hydrogen-bond acceptors (Lipinski definition) is 8. The van der Waals surface area contributed by atoms with E-state index in [0.29, 0.717) is 48.1 Å². The first kappa shape index (κ1) is 28.5. The standard InChI is InChI=1S/C13H19NO4S.C10H20N2O3/c1-10-8-12(17-3)9-11(2)13(10)19(15,16)14-4-6-18-7-5-14;1-14-8-7-11-3-5-12(6-4-11)10(13)9-15-2/h8-9H,4-7H2,1-3H3;3-9H2,1-2H3. The third-order valence-corrected chi connectivity index (χ3v) is 8.05. The molecule has 2 aliphatic rings. The number of ether oxygens (including phenoxy) is 4. The van der Waals surface area contributed by atoms with E-state index in [9.17, 15) is 13.2 Å². The van der Waals surface area contributed by atoms with Gasteiger partial charge in [0.25, 0.3) is 0 Å². The number of hydrogen-bond donors (Lipinski definition) is 0. The second kappa shape index (κ2) is 14.0. The molecule has 1 aromatic rings. The van der Waals surface area contributed by atoms with E-state index >= 15 is 0 Å². The number of benzene rings is 1. The minimum absolute atomic E-state index is 0.0869. The number of amides is 1. The van der Waals surface area contributed by atoms with Gasteiger partial charge in [-0.05, 0) is 37.1 Å². The Morgan fingerprint density at radius 1 is 0.941 bits per heavy atom. The number of morpholine rings is 1. The second-order valence-corrected chi connectivity index (χ2v) is 10.1. The summed E-state index contributed by atoms with van der Waals surface area (Å²) in [6.45, 7) is 10.7. The van der Waals surface area contributed by atoms with Crippen LogP contribution in [0.2, 0.25) is 0 Å². The van der Waals surface area contributed by atoms with Gasteiger partial charge in [-0.1, -0.05) is 0 Å². The molecular formula is C23H39N3O7S. The fraction of sp³-hybridized carbons (Fsp3) is 0.696. The molecule has 2 saturated heterocycles. The monoisotopic (exact) mass is 501 g/mol.